The first kappa shape index (κ1) is 58.6. The van der Waals surface area contributed by atoms with Gasteiger partial charge in [0.15, 0.2) is 0 Å². The van der Waals surface area contributed by atoms with Crippen molar-refractivity contribution >= 4 is 11.9 Å². The number of rotatable bonds is 49. The van der Waals surface area contributed by atoms with Gasteiger partial charge in [0.25, 0.3) is 0 Å². The summed E-state index contributed by atoms with van der Waals surface area (Å²) in [7, 11) is 0. The zero-order valence-electron chi connectivity index (χ0n) is 40.6. The highest BCUT2D eigenvalue weighted by Crippen LogP contribution is 2.18. The fourth-order valence-corrected chi connectivity index (χ4v) is 8.49. The van der Waals surface area contributed by atoms with Crippen molar-refractivity contribution in [1.29, 1.82) is 0 Å². The first-order valence-electron chi connectivity index (χ1n) is 26.9. The molecule has 0 bridgehead atoms. The number of allylic oxidation sites excluding steroid dienone is 2. The van der Waals surface area contributed by atoms with E-state index in [0.29, 0.717) is 19.3 Å². The Morgan fingerprint density at radius 2 is 0.800 bits per heavy atom. The number of nitrogens with one attached hydrogen (secondary N) is 1. The smallest absolute Gasteiger partial charge is 0.306 e. The van der Waals surface area contributed by atoms with E-state index in [9.17, 15) is 19.8 Å². The van der Waals surface area contributed by atoms with Crippen LogP contribution >= 0.6 is 0 Å². The van der Waals surface area contributed by atoms with Crippen LogP contribution in [0, 0.1) is 0 Å². The van der Waals surface area contributed by atoms with Gasteiger partial charge in [-0.3, -0.25) is 9.59 Å². The van der Waals surface area contributed by atoms with Gasteiger partial charge in [-0.25, -0.2) is 0 Å². The summed E-state index contributed by atoms with van der Waals surface area (Å²) in [5.74, 6) is -0.465. The van der Waals surface area contributed by atoms with Crippen LogP contribution in [-0.2, 0) is 14.3 Å². The van der Waals surface area contributed by atoms with Crippen molar-refractivity contribution in [3.8, 4) is 0 Å². The normalized spacial score (nSPS) is 13.2. The molecule has 6 heteroatoms. The van der Waals surface area contributed by atoms with Crippen molar-refractivity contribution in [3.63, 3.8) is 0 Å². The molecule has 3 atom stereocenters. The molecule has 0 aromatic heterocycles. The van der Waals surface area contributed by atoms with Crippen LogP contribution in [0.3, 0.4) is 0 Å². The molecule has 3 N–H and O–H groups in total. The molecule has 3 unspecified atom stereocenters. The Labute approximate surface area is 374 Å². The fraction of sp³-hybridized carbons (Fsp3) is 0.926. The highest BCUT2D eigenvalue weighted by Gasteiger charge is 2.24. The summed E-state index contributed by atoms with van der Waals surface area (Å²) in [6.45, 7) is 6.49. The minimum Gasteiger partial charge on any atom is -0.462 e. The summed E-state index contributed by atoms with van der Waals surface area (Å²) in [4.78, 5) is 26.1. The topological polar surface area (TPSA) is 95.9 Å². The van der Waals surface area contributed by atoms with Crippen LogP contribution in [0.2, 0.25) is 0 Å². The van der Waals surface area contributed by atoms with E-state index in [2.05, 4.69) is 38.2 Å². The number of carbonyl (C=O) groups is 2. The van der Waals surface area contributed by atoms with Gasteiger partial charge in [-0.15, -0.1) is 0 Å². The van der Waals surface area contributed by atoms with Crippen molar-refractivity contribution in [1.82, 2.24) is 5.32 Å². The third-order valence-electron chi connectivity index (χ3n) is 12.6. The second-order valence-electron chi connectivity index (χ2n) is 18.6. The first-order valence-corrected chi connectivity index (χ1v) is 26.9. The van der Waals surface area contributed by atoms with E-state index in [1.54, 1.807) is 0 Å². The Balaban J connectivity index is 4.49. The molecule has 0 heterocycles. The summed E-state index contributed by atoms with van der Waals surface area (Å²) >= 11 is 0. The van der Waals surface area contributed by atoms with E-state index in [-0.39, 0.29) is 24.9 Å². The summed E-state index contributed by atoms with van der Waals surface area (Å²) in [6.07, 6.45) is 54.1. The average Bonchev–Trinajstić information content (AvgIpc) is 3.24. The van der Waals surface area contributed by atoms with Crippen LogP contribution in [0.25, 0.3) is 0 Å². The third kappa shape index (κ3) is 43.3. The maximum atomic E-state index is 13.2. The van der Waals surface area contributed by atoms with Crippen molar-refractivity contribution < 1.29 is 24.5 Å². The number of amides is 1. The number of hydrogen-bond donors (Lipinski definition) is 3. The lowest BCUT2D eigenvalue weighted by Crippen LogP contribution is -2.46. The Morgan fingerprint density at radius 3 is 1.20 bits per heavy atom. The van der Waals surface area contributed by atoms with Crippen LogP contribution in [0.15, 0.2) is 12.2 Å². The number of esters is 1. The van der Waals surface area contributed by atoms with Gasteiger partial charge in [-0.1, -0.05) is 245 Å². The van der Waals surface area contributed by atoms with Gasteiger partial charge >= 0.3 is 5.97 Å². The molecule has 60 heavy (non-hydrogen) atoms. The molecule has 1 amide bonds. The van der Waals surface area contributed by atoms with E-state index < -0.39 is 18.2 Å². The number of unbranched alkanes of at least 4 members (excludes halogenated alkanes) is 35. The quantitative estimate of drug-likeness (QED) is 0.0322. The molecule has 0 aliphatic heterocycles. The molecule has 0 aromatic rings. The molecular weight excluding hydrogens is 743 g/mol. The third-order valence-corrected chi connectivity index (χ3v) is 12.6. The van der Waals surface area contributed by atoms with E-state index >= 15 is 0 Å². The van der Waals surface area contributed by atoms with Crippen molar-refractivity contribution in [3.05, 3.63) is 12.2 Å². The molecule has 0 aliphatic carbocycles. The molecule has 6 nitrogen and oxygen atoms in total. The molecule has 356 valence electrons. The van der Waals surface area contributed by atoms with Gasteiger partial charge in [0.05, 0.1) is 25.2 Å². The number of aliphatic hydroxyl groups excluding tert-OH is 2. The highest BCUT2D eigenvalue weighted by molar-refractivity contribution is 5.77. The Kier molecular flexibility index (Phi) is 47.5. The lowest BCUT2D eigenvalue weighted by atomic mass is 10.0. The number of carbonyl (C=O) groups excluding carboxylic acids is 2. The van der Waals surface area contributed by atoms with Gasteiger partial charge in [-0.2, -0.15) is 0 Å². The van der Waals surface area contributed by atoms with Crippen LogP contribution in [0.5, 0.6) is 0 Å². The second-order valence-corrected chi connectivity index (χ2v) is 18.6. The predicted octanol–water partition coefficient (Wildman–Crippen LogP) is 16.1. The van der Waals surface area contributed by atoms with Crippen molar-refractivity contribution in [2.45, 2.75) is 315 Å². The van der Waals surface area contributed by atoms with E-state index in [1.165, 1.54) is 193 Å². The Hall–Kier alpha value is -1.40. The summed E-state index contributed by atoms with van der Waals surface area (Å²) in [5.41, 5.74) is 0. The standard InChI is InChI=1S/C54H105NO5/c1-4-7-10-13-16-19-22-25-26-27-29-31-34-37-40-43-46-52(57)51(49-56)55-53(58)48-50(45-42-39-36-33-30-28-23-20-17-14-11-8-5-2)60-54(59)47-44-41-38-35-32-24-21-18-15-12-9-6-3/h20,23,50-52,56-57H,4-19,21-22,24-49H2,1-3H3,(H,55,58)/b23-20-. The first-order chi connectivity index (χ1) is 29.5. The van der Waals surface area contributed by atoms with Crippen LogP contribution in [0.1, 0.15) is 297 Å². The van der Waals surface area contributed by atoms with Crippen LogP contribution < -0.4 is 5.32 Å². The number of hydrogen-bond acceptors (Lipinski definition) is 5. The maximum Gasteiger partial charge on any atom is 0.306 e. The van der Waals surface area contributed by atoms with Gasteiger partial charge in [0.1, 0.15) is 6.10 Å². The average molecular weight is 848 g/mol. The maximum absolute atomic E-state index is 13.2. The molecular formula is C54H105NO5. The predicted molar refractivity (Wildman–Crippen MR) is 260 cm³/mol. The molecule has 0 spiro atoms. The Bertz CT molecular complexity index is 909. The highest BCUT2D eigenvalue weighted by atomic mass is 16.5. The van der Waals surface area contributed by atoms with Gasteiger partial charge in [-0.05, 0) is 51.4 Å². The molecule has 0 rings (SSSR count). The minimum atomic E-state index is -0.784. The number of aliphatic hydroxyl groups is 2. The fourth-order valence-electron chi connectivity index (χ4n) is 8.49. The van der Waals surface area contributed by atoms with E-state index in [1.807, 2.05) is 0 Å². The van der Waals surface area contributed by atoms with E-state index in [0.717, 1.165) is 57.8 Å². The van der Waals surface area contributed by atoms with Gasteiger partial charge in [0, 0.05) is 6.42 Å². The van der Waals surface area contributed by atoms with Gasteiger partial charge in [0.2, 0.25) is 5.91 Å². The molecule has 0 aromatic carbocycles. The molecule has 0 saturated carbocycles. The minimum absolute atomic E-state index is 0.0789. The molecule has 0 aliphatic rings. The SMILES string of the molecule is CCCCCC/C=C\CCCCCCCC(CC(=O)NC(CO)C(O)CCCCCCCCCCCCCCCCCC)OC(=O)CCCCCCCCCCCCCC. The second kappa shape index (κ2) is 48.6. The zero-order valence-corrected chi connectivity index (χ0v) is 40.6. The lowest BCUT2D eigenvalue weighted by molar-refractivity contribution is -0.151. The molecule has 0 fully saturated rings. The number of ether oxygens (including phenoxy) is 1. The van der Waals surface area contributed by atoms with E-state index in [4.69, 9.17) is 4.74 Å². The zero-order chi connectivity index (χ0) is 43.8. The van der Waals surface area contributed by atoms with Crippen LogP contribution in [0.4, 0.5) is 0 Å². The lowest BCUT2D eigenvalue weighted by Gasteiger charge is -2.24. The molecule has 0 saturated heterocycles. The van der Waals surface area contributed by atoms with Crippen LogP contribution in [-0.4, -0.2) is 46.9 Å². The molecule has 0 radical (unpaired) electrons. The monoisotopic (exact) mass is 848 g/mol. The summed E-state index contributed by atoms with van der Waals surface area (Å²) in [5, 5.41) is 23.8. The summed E-state index contributed by atoms with van der Waals surface area (Å²) in [6, 6.07) is -0.698. The Morgan fingerprint density at radius 1 is 0.467 bits per heavy atom. The van der Waals surface area contributed by atoms with Crippen molar-refractivity contribution in [2.75, 3.05) is 6.61 Å². The van der Waals surface area contributed by atoms with Gasteiger partial charge < -0.3 is 20.3 Å². The largest absolute Gasteiger partial charge is 0.462 e. The summed E-state index contributed by atoms with van der Waals surface area (Å²) < 4.78 is 5.93. The van der Waals surface area contributed by atoms with Crippen molar-refractivity contribution in [2.24, 2.45) is 0 Å².